The molecule has 1 fully saturated rings. The van der Waals surface area contributed by atoms with Crippen LogP contribution in [0, 0.1) is 0 Å². The highest BCUT2D eigenvalue weighted by Crippen LogP contribution is 2.07. The zero-order valence-electron chi connectivity index (χ0n) is 10.0. The smallest absolute Gasteiger partial charge is 0.0512 e. The maximum atomic E-state index is 9.08. The number of aliphatic hydroxyl groups excluding tert-OH is 1. The van der Waals surface area contributed by atoms with Gasteiger partial charge in [0, 0.05) is 13.1 Å². The number of aliphatic hydroxyl groups is 1. The maximum Gasteiger partial charge on any atom is 0.0512 e. The van der Waals surface area contributed by atoms with E-state index in [0.717, 1.165) is 25.9 Å². The van der Waals surface area contributed by atoms with Crippen molar-refractivity contribution in [1.82, 2.24) is 10.2 Å². The molecule has 0 bridgehead atoms. The first-order valence-electron chi connectivity index (χ1n) is 6.40. The van der Waals surface area contributed by atoms with Crippen LogP contribution in [0.15, 0.2) is 0 Å². The first-order valence-corrected chi connectivity index (χ1v) is 6.40. The fourth-order valence-electron chi connectivity index (χ4n) is 2.07. The number of nitrogens with one attached hydrogen (secondary N) is 1. The summed E-state index contributed by atoms with van der Waals surface area (Å²) < 4.78 is 0. The van der Waals surface area contributed by atoms with Crippen LogP contribution in [0.5, 0.6) is 0 Å². The summed E-state index contributed by atoms with van der Waals surface area (Å²) in [5, 5.41) is 12.5. The molecular formula is C12H26N2O. The van der Waals surface area contributed by atoms with Crippen LogP contribution >= 0.6 is 0 Å². The number of likely N-dealkylation sites (tertiary alicyclic amines) is 1. The first kappa shape index (κ1) is 12.9. The minimum atomic E-state index is -0.145. The third-order valence-corrected chi connectivity index (χ3v) is 3.03. The van der Waals surface area contributed by atoms with E-state index in [1.54, 1.807) is 0 Å². The predicted molar refractivity (Wildman–Crippen MR) is 64.1 cm³/mol. The second-order valence-corrected chi connectivity index (χ2v) is 4.64. The van der Waals surface area contributed by atoms with Crippen molar-refractivity contribution in [2.75, 3.05) is 32.7 Å². The molecule has 2 N–H and O–H groups in total. The van der Waals surface area contributed by atoms with Gasteiger partial charge in [0.25, 0.3) is 0 Å². The van der Waals surface area contributed by atoms with E-state index in [4.69, 9.17) is 5.11 Å². The van der Waals surface area contributed by atoms with Crippen molar-refractivity contribution in [1.29, 1.82) is 0 Å². The zero-order chi connectivity index (χ0) is 10.9. The van der Waals surface area contributed by atoms with Crippen LogP contribution in [-0.2, 0) is 0 Å². The van der Waals surface area contributed by atoms with Crippen LogP contribution < -0.4 is 5.32 Å². The van der Waals surface area contributed by atoms with E-state index in [9.17, 15) is 0 Å². The Morgan fingerprint density at radius 2 is 1.93 bits per heavy atom. The van der Waals surface area contributed by atoms with E-state index in [1.807, 2.05) is 6.92 Å². The molecule has 0 saturated carbocycles. The zero-order valence-corrected chi connectivity index (χ0v) is 10.0. The summed E-state index contributed by atoms with van der Waals surface area (Å²) >= 11 is 0. The summed E-state index contributed by atoms with van der Waals surface area (Å²) in [5.41, 5.74) is 0. The fraction of sp³-hybridized carbons (Fsp3) is 1.00. The molecule has 1 aliphatic rings. The first-order chi connectivity index (χ1) is 7.29. The topological polar surface area (TPSA) is 35.5 Å². The van der Waals surface area contributed by atoms with Crippen molar-refractivity contribution in [3.63, 3.8) is 0 Å². The fourth-order valence-corrected chi connectivity index (χ4v) is 2.07. The summed E-state index contributed by atoms with van der Waals surface area (Å²) in [7, 11) is 0. The lowest BCUT2D eigenvalue weighted by Crippen LogP contribution is -2.36. The quantitative estimate of drug-likeness (QED) is 0.626. The summed E-state index contributed by atoms with van der Waals surface area (Å²) in [4.78, 5) is 2.55. The van der Waals surface area contributed by atoms with Crippen LogP contribution in [0.2, 0.25) is 0 Å². The molecule has 0 amide bonds. The molecule has 15 heavy (non-hydrogen) atoms. The highest BCUT2D eigenvalue weighted by molar-refractivity contribution is 4.65. The van der Waals surface area contributed by atoms with E-state index in [1.165, 1.54) is 38.9 Å². The standard InChI is InChI=1S/C12H26N2O/c1-12(15)6-5-7-13-8-11-14-9-3-2-4-10-14/h12-13,15H,2-11H2,1H3. The van der Waals surface area contributed by atoms with Gasteiger partial charge in [0.15, 0.2) is 0 Å². The van der Waals surface area contributed by atoms with Crippen molar-refractivity contribution >= 4 is 0 Å². The van der Waals surface area contributed by atoms with Crippen molar-refractivity contribution in [2.45, 2.75) is 45.1 Å². The number of piperidine rings is 1. The summed E-state index contributed by atoms with van der Waals surface area (Å²) in [6.45, 7) is 7.76. The van der Waals surface area contributed by atoms with Gasteiger partial charge in [-0.25, -0.2) is 0 Å². The molecule has 0 aromatic rings. The van der Waals surface area contributed by atoms with E-state index >= 15 is 0 Å². The SMILES string of the molecule is CC(O)CCCNCCN1CCCCC1. The Labute approximate surface area is 93.9 Å². The molecular weight excluding hydrogens is 188 g/mol. The van der Waals surface area contributed by atoms with Crippen LogP contribution in [0.25, 0.3) is 0 Å². The van der Waals surface area contributed by atoms with Gasteiger partial charge in [-0.05, 0) is 52.2 Å². The minimum absolute atomic E-state index is 0.145. The number of nitrogens with zero attached hydrogens (tertiary/aromatic N) is 1. The van der Waals surface area contributed by atoms with E-state index in [2.05, 4.69) is 10.2 Å². The van der Waals surface area contributed by atoms with Crippen LogP contribution in [-0.4, -0.2) is 48.8 Å². The van der Waals surface area contributed by atoms with E-state index in [-0.39, 0.29) is 6.10 Å². The van der Waals surface area contributed by atoms with Gasteiger partial charge in [-0.2, -0.15) is 0 Å². The second kappa shape index (κ2) is 8.08. The lowest BCUT2D eigenvalue weighted by atomic mass is 10.1. The molecule has 0 radical (unpaired) electrons. The summed E-state index contributed by atoms with van der Waals surface area (Å²) in [6, 6.07) is 0. The molecule has 0 aromatic heterocycles. The Kier molecular flexibility index (Phi) is 6.98. The lowest BCUT2D eigenvalue weighted by molar-refractivity contribution is 0.180. The third-order valence-electron chi connectivity index (χ3n) is 3.03. The molecule has 1 unspecified atom stereocenters. The second-order valence-electron chi connectivity index (χ2n) is 4.64. The average molecular weight is 214 g/mol. The molecule has 3 nitrogen and oxygen atoms in total. The summed E-state index contributed by atoms with van der Waals surface area (Å²) in [5.74, 6) is 0. The highest BCUT2D eigenvalue weighted by Gasteiger charge is 2.08. The van der Waals surface area contributed by atoms with Crippen molar-refractivity contribution in [3.8, 4) is 0 Å². The molecule has 1 aliphatic heterocycles. The van der Waals surface area contributed by atoms with Gasteiger partial charge in [0.1, 0.15) is 0 Å². The Morgan fingerprint density at radius 3 is 2.60 bits per heavy atom. The van der Waals surface area contributed by atoms with Gasteiger partial charge in [0.05, 0.1) is 6.10 Å². The van der Waals surface area contributed by atoms with Gasteiger partial charge in [0.2, 0.25) is 0 Å². The molecule has 1 rings (SSSR count). The van der Waals surface area contributed by atoms with Crippen molar-refractivity contribution in [2.24, 2.45) is 0 Å². The molecule has 1 heterocycles. The van der Waals surface area contributed by atoms with E-state index in [0.29, 0.717) is 0 Å². The Bertz CT molecular complexity index is 145. The number of rotatable bonds is 7. The van der Waals surface area contributed by atoms with Crippen molar-refractivity contribution in [3.05, 3.63) is 0 Å². The van der Waals surface area contributed by atoms with Gasteiger partial charge in [-0.3, -0.25) is 0 Å². The van der Waals surface area contributed by atoms with Gasteiger partial charge < -0.3 is 15.3 Å². The normalized spacial score (nSPS) is 20.4. The minimum Gasteiger partial charge on any atom is -0.393 e. The van der Waals surface area contributed by atoms with E-state index < -0.39 is 0 Å². The maximum absolute atomic E-state index is 9.08. The lowest BCUT2D eigenvalue weighted by Gasteiger charge is -2.26. The molecule has 3 heteroatoms. The largest absolute Gasteiger partial charge is 0.393 e. The number of hydrogen-bond acceptors (Lipinski definition) is 3. The third kappa shape index (κ3) is 6.88. The molecule has 0 spiro atoms. The monoisotopic (exact) mass is 214 g/mol. The highest BCUT2D eigenvalue weighted by atomic mass is 16.3. The molecule has 90 valence electrons. The Balaban J connectivity index is 1.83. The van der Waals surface area contributed by atoms with Gasteiger partial charge in [-0.15, -0.1) is 0 Å². The van der Waals surface area contributed by atoms with Gasteiger partial charge >= 0.3 is 0 Å². The number of hydrogen-bond donors (Lipinski definition) is 2. The Hall–Kier alpha value is -0.120. The average Bonchev–Trinajstić information content (AvgIpc) is 2.24. The molecule has 0 aliphatic carbocycles. The molecule has 1 saturated heterocycles. The molecule has 1 atom stereocenters. The van der Waals surface area contributed by atoms with Gasteiger partial charge in [-0.1, -0.05) is 6.42 Å². The summed E-state index contributed by atoms with van der Waals surface area (Å²) in [6.07, 6.45) is 6.02. The predicted octanol–water partition coefficient (Wildman–Crippen LogP) is 1.22. The molecule has 0 aromatic carbocycles. The van der Waals surface area contributed by atoms with Crippen LogP contribution in [0.4, 0.5) is 0 Å². The van der Waals surface area contributed by atoms with Crippen LogP contribution in [0.3, 0.4) is 0 Å². The van der Waals surface area contributed by atoms with Crippen LogP contribution in [0.1, 0.15) is 39.0 Å². The Morgan fingerprint density at radius 1 is 1.20 bits per heavy atom. The van der Waals surface area contributed by atoms with Crippen molar-refractivity contribution < 1.29 is 5.11 Å².